The van der Waals surface area contributed by atoms with Crippen LogP contribution in [0.3, 0.4) is 0 Å². The van der Waals surface area contributed by atoms with Crippen molar-refractivity contribution < 1.29 is 4.79 Å². The molecule has 0 aromatic rings. The van der Waals surface area contributed by atoms with Crippen molar-refractivity contribution in [3.05, 3.63) is 0 Å². The Morgan fingerprint density at radius 3 is 2.59 bits per heavy atom. The van der Waals surface area contributed by atoms with Gasteiger partial charge >= 0.3 is 0 Å². The highest BCUT2D eigenvalue weighted by Crippen LogP contribution is 2.26. The molecule has 1 rings (SSSR count). The molecule has 2 N–H and O–H groups in total. The molecule has 0 aliphatic carbocycles. The van der Waals surface area contributed by atoms with Crippen LogP contribution in [0.25, 0.3) is 0 Å². The molecule has 100 valence electrons. The molecule has 4 heteroatoms. The summed E-state index contributed by atoms with van der Waals surface area (Å²) in [6.07, 6.45) is 1.85. The van der Waals surface area contributed by atoms with E-state index < -0.39 is 0 Å². The number of carbonyl (C=O) groups excluding carboxylic acids is 1. The summed E-state index contributed by atoms with van der Waals surface area (Å²) in [6, 6.07) is 0.446. The molecule has 1 saturated heterocycles. The molecule has 1 aliphatic rings. The van der Waals surface area contributed by atoms with Crippen molar-refractivity contribution in [2.75, 3.05) is 33.7 Å². The fourth-order valence-corrected chi connectivity index (χ4v) is 2.86. The molecule has 0 radical (unpaired) electrons. The molecule has 17 heavy (non-hydrogen) atoms. The summed E-state index contributed by atoms with van der Waals surface area (Å²) < 4.78 is 0. The average Bonchev–Trinajstić information content (AvgIpc) is 2.24. The molecule has 0 saturated carbocycles. The minimum atomic E-state index is 0.201. The number of rotatable bonds is 4. The van der Waals surface area contributed by atoms with Crippen molar-refractivity contribution in [3.8, 4) is 0 Å². The lowest BCUT2D eigenvalue weighted by Crippen LogP contribution is -2.51. The topological polar surface area (TPSA) is 49.6 Å². The van der Waals surface area contributed by atoms with Crippen LogP contribution >= 0.6 is 0 Å². The molecule has 1 heterocycles. The van der Waals surface area contributed by atoms with E-state index in [0.29, 0.717) is 30.8 Å². The van der Waals surface area contributed by atoms with Gasteiger partial charge in [-0.2, -0.15) is 0 Å². The molecule has 3 unspecified atom stereocenters. The van der Waals surface area contributed by atoms with Gasteiger partial charge in [0.25, 0.3) is 0 Å². The second-order valence-electron chi connectivity index (χ2n) is 5.65. The number of nitrogens with zero attached hydrogens (tertiary/aromatic N) is 2. The second-order valence-corrected chi connectivity index (χ2v) is 5.65. The van der Waals surface area contributed by atoms with Crippen molar-refractivity contribution in [2.24, 2.45) is 17.6 Å². The van der Waals surface area contributed by atoms with Gasteiger partial charge in [0.05, 0.1) is 0 Å². The number of hydrogen-bond donors (Lipinski definition) is 1. The van der Waals surface area contributed by atoms with Gasteiger partial charge in [-0.3, -0.25) is 9.69 Å². The van der Waals surface area contributed by atoms with Gasteiger partial charge in [0.1, 0.15) is 0 Å². The number of hydrogen-bond acceptors (Lipinski definition) is 3. The smallest absolute Gasteiger partial charge is 0.223 e. The third-order valence-corrected chi connectivity index (χ3v) is 3.80. The molecule has 1 aliphatic heterocycles. The molecular formula is C13H27N3O. The second kappa shape index (κ2) is 6.36. The normalized spacial score (nSPS) is 30.3. The van der Waals surface area contributed by atoms with Crippen molar-refractivity contribution in [3.63, 3.8) is 0 Å². The van der Waals surface area contributed by atoms with Gasteiger partial charge in [-0.25, -0.2) is 0 Å². The summed E-state index contributed by atoms with van der Waals surface area (Å²) in [7, 11) is 3.62. The fraction of sp³-hybridized carbons (Fsp3) is 0.923. The van der Waals surface area contributed by atoms with Gasteiger partial charge in [0.15, 0.2) is 0 Å². The Kier molecular flexibility index (Phi) is 5.40. The Morgan fingerprint density at radius 1 is 1.41 bits per heavy atom. The first-order valence-electron chi connectivity index (χ1n) is 6.60. The van der Waals surface area contributed by atoms with E-state index in [0.717, 1.165) is 13.1 Å². The quantitative estimate of drug-likeness (QED) is 0.791. The Balaban J connectivity index is 2.51. The summed E-state index contributed by atoms with van der Waals surface area (Å²) in [6.45, 7) is 7.17. The van der Waals surface area contributed by atoms with E-state index in [4.69, 9.17) is 5.73 Å². The van der Waals surface area contributed by atoms with Crippen LogP contribution in [-0.2, 0) is 4.79 Å². The minimum Gasteiger partial charge on any atom is -0.349 e. The summed E-state index contributed by atoms with van der Waals surface area (Å²) >= 11 is 0. The largest absolute Gasteiger partial charge is 0.349 e. The van der Waals surface area contributed by atoms with Gasteiger partial charge in [-0.05, 0) is 18.3 Å². The number of likely N-dealkylation sites (tertiary alicyclic amines) is 1. The van der Waals surface area contributed by atoms with Crippen LogP contribution in [0.5, 0.6) is 0 Å². The van der Waals surface area contributed by atoms with Gasteiger partial charge in [0, 0.05) is 46.2 Å². The van der Waals surface area contributed by atoms with Crippen LogP contribution in [0.15, 0.2) is 0 Å². The van der Waals surface area contributed by atoms with Crippen LogP contribution in [-0.4, -0.2) is 55.5 Å². The Hall–Kier alpha value is -0.610. The zero-order valence-electron chi connectivity index (χ0n) is 11.6. The third-order valence-electron chi connectivity index (χ3n) is 3.80. The Bertz CT molecular complexity index is 255. The van der Waals surface area contributed by atoms with E-state index in [2.05, 4.69) is 18.7 Å². The predicted octanol–water partition coefficient (Wildman–Crippen LogP) is 0.770. The maximum absolute atomic E-state index is 11.6. The summed E-state index contributed by atoms with van der Waals surface area (Å²) in [5, 5.41) is 0. The van der Waals surface area contributed by atoms with Crippen molar-refractivity contribution in [2.45, 2.75) is 32.7 Å². The molecule has 4 nitrogen and oxygen atoms in total. The highest BCUT2D eigenvalue weighted by molar-refractivity contribution is 5.75. The monoisotopic (exact) mass is 241 g/mol. The van der Waals surface area contributed by atoms with Crippen LogP contribution in [0.1, 0.15) is 26.7 Å². The average molecular weight is 241 g/mol. The van der Waals surface area contributed by atoms with Crippen molar-refractivity contribution in [1.82, 2.24) is 9.80 Å². The maximum atomic E-state index is 11.6. The summed E-state index contributed by atoms with van der Waals surface area (Å²) in [5.74, 6) is 1.55. The van der Waals surface area contributed by atoms with Gasteiger partial charge in [0.2, 0.25) is 5.91 Å². The van der Waals surface area contributed by atoms with E-state index >= 15 is 0 Å². The molecule has 0 bridgehead atoms. The van der Waals surface area contributed by atoms with Gasteiger partial charge in [-0.1, -0.05) is 13.8 Å². The highest BCUT2D eigenvalue weighted by atomic mass is 16.2. The first kappa shape index (κ1) is 14.5. The highest BCUT2D eigenvalue weighted by Gasteiger charge is 2.30. The van der Waals surface area contributed by atoms with Crippen LogP contribution < -0.4 is 5.73 Å². The fourth-order valence-electron chi connectivity index (χ4n) is 2.86. The third kappa shape index (κ3) is 3.96. The maximum Gasteiger partial charge on any atom is 0.223 e. The van der Waals surface area contributed by atoms with E-state index in [1.165, 1.54) is 6.42 Å². The molecule has 3 atom stereocenters. The zero-order valence-corrected chi connectivity index (χ0v) is 11.6. The first-order chi connectivity index (χ1) is 7.95. The molecular weight excluding hydrogens is 214 g/mol. The molecule has 0 spiro atoms. The number of carbonyl (C=O) groups is 1. The van der Waals surface area contributed by atoms with E-state index in [9.17, 15) is 4.79 Å². The molecule has 0 aromatic carbocycles. The van der Waals surface area contributed by atoms with E-state index in [1.807, 2.05) is 14.1 Å². The van der Waals surface area contributed by atoms with Crippen LogP contribution in [0.4, 0.5) is 0 Å². The van der Waals surface area contributed by atoms with Gasteiger partial charge in [-0.15, -0.1) is 0 Å². The zero-order chi connectivity index (χ0) is 13.0. The van der Waals surface area contributed by atoms with Gasteiger partial charge < -0.3 is 10.6 Å². The SMILES string of the molecule is CC1CC(C)C(CN)N(CCC(=O)N(C)C)C1. The summed E-state index contributed by atoms with van der Waals surface area (Å²) in [4.78, 5) is 15.7. The van der Waals surface area contributed by atoms with Crippen LogP contribution in [0, 0.1) is 11.8 Å². The van der Waals surface area contributed by atoms with Crippen LogP contribution in [0.2, 0.25) is 0 Å². The molecule has 1 fully saturated rings. The molecule has 0 aromatic heterocycles. The number of amides is 1. The Labute approximate surface area is 105 Å². The van der Waals surface area contributed by atoms with Crippen molar-refractivity contribution in [1.29, 1.82) is 0 Å². The van der Waals surface area contributed by atoms with E-state index in [1.54, 1.807) is 4.90 Å². The minimum absolute atomic E-state index is 0.201. The predicted molar refractivity (Wildman–Crippen MR) is 70.7 cm³/mol. The van der Waals surface area contributed by atoms with Crippen molar-refractivity contribution >= 4 is 5.91 Å². The lowest BCUT2D eigenvalue weighted by Gasteiger charge is -2.42. The molecule has 1 amide bonds. The first-order valence-corrected chi connectivity index (χ1v) is 6.60. The summed E-state index contributed by atoms with van der Waals surface area (Å²) in [5.41, 5.74) is 5.86. The number of nitrogens with two attached hydrogens (primary N) is 1. The van der Waals surface area contributed by atoms with E-state index in [-0.39, 0.29) is 5.91 Å². The lowest BCUT2D eigenvalue weighted by atomic mass is 9.85. The lowest BCUT2D eigenvalue weighted by molar-refractivity contribution is -0.129. The Morgan fingerprint density at radius 2 is 2.06 bits per heavy atom. The number of piperidine rings is 1. The standard InChI is InChI=1S/C13H27N3O/c1-10-7-11(2)12(8-14)16(9-10)6-5-13(17)15(3)4/h10-12H,5-9,14H2,1-4H3.